The maximum Gasteiger partial charge on any atom is 0.256 e. The molecule has 2 N–H and O–H groups in total. The molecule has 3 aromatic rings. The largest absolute Gasteiger partial charge is 0.340 e. The van der Waals surface area contributed by atoms with Gasteiger partial charge in [0.15, 0.2) is 0 Å². The fourth-order valence-electron chi connectivity index (χ4n) is 2.26. The number of hydrogen-bond donors (Lipinski definition) is 2. The Bertz CT molecular complexity index is 862. The van der Waals surface area contributed by atoms with E-state index in [9.17, 15) is 4.79 Å². The smallest absolute Gasteiger partial charge is 0.256 e. The molecule has 0 radical (unpaired) electrons. The Morgan fingerprint density at radius 2 is 1.83 bits per heavy atom. The summed E-state index contributed by atoms with van der Waals surface area (Å²) in [4.78, 5) is 16.6. The number of hydrogen-bond acceptors (Lipinski definition) is 3. The number of nitrogens with one attached hydrogen (secondary N) is 2. The Kier molecular flexibility index (Phi) is 4.91. The van der Waals surface area contributed by atoms with Crippen LogP contribution in [-0.2, 0) is 0 Å². The van der Waals surface area contributed by atoms with Crippen molar-refractivity contribution in [1.29, 1.82) is 0 Å². The summed E-state index contributed by atoms with van der Waals surface area (Å²) in [6.07, 6.45) is 1.63. The van der Waals surface area contributed by atoms with E-state index in [2.05, 4.69) is 31.5 Å². The number of halogens is 1. The highest BCUT2D eigenvalue weighted by molar-refractivity contribution is 9.10. The Hall–Kier alpha value is -2.66. The normalized spacial score (nSPS) is 10.2. The minimum absolute atomic E-state index is 0.177. The predicted molar refractivity (Wildman–Crippen MR) is 101 cm³/mol. The van der Waals surface area contributed by atoms with Crippen LogP contribution in [0, 0.1) is 6.92 Å². The number of aromatic nitrogens is 1. The maximum atomic E-state index is 12.3. The van der Waals surface area contributed by atoms with Gasteiger partial charge in [-0.1, -0.05) is 24.3 Å². The molecule has 1 amide bonds. The summed E-state index contributed by atoms with van der Waals surface area (Å²) in [6, 6.07) is 19.0. The molecular weight excluding hydrogens is 366 g/mol. The third-order valence-electron chi connectivity index (χ3n) is 3.43. The number of anilines is 3. The molecule has 0 spiro atoms. The molecule has 0 aliphatic carbocycles. The lowest BCUT2D eigenvalue weighted by Gasteiger charge is -2.09. The Balaban J connectivity index is 1.68. The first-order valence-electron chi connectivity index (χ1n) is 7.47. The van der Waals surface area contributed by atoms with Crippen LogP contribution in [0.5, 0.6) is 0 Å². The lowest BCUT2D eigenvalue weighted by molar-refractivity contribution is 0.102. The van der Waals surface area contributed by atoms with Crippen molar-refractivity contribution in [2.45, 2.75) is 6.92 Å². The lowest BCUT2D eigenvalue weighted by atomic mass is 10.2. The molecule has 0 bridgehead atoms. The molecule has 0 aliphatic rings. The second-order valence-corrected chi connectivity index (χ2v) is 6.21. The number of carbonyl (C=O) groups excluding carboxylic acids is 1. The van der Waals surface area contributed by atoms with Crippen molar-refractivity contribution < 1.29 is 4.79 Å². The number of pyridine rings is 1. The van der Waals surface area contributed by atoms with Gasteiger partial charge in [0.1, 0.15) is 5.82 Å². The average molecular weight is 382 g/mol. The van der Waals surface area contributed by atoms with E-state index >= 15 is 0 Å². The molecule has 0 unspecified atom stereocenters. The summed E-state index contributed by atoms with van der Waals surface area (Å²) in [5.74, 6) is 0.545. The summed E-state index contributed by atoms with van der Waals surface area (Å²) in [7, 11) is 0. The third kappa shape index (κ3) is 4.00. The van der Waals surface area contributed by atoms with E-state index in [1.54, 1.807) is 12.3 Å². The van der Waals surface area contributed by atoms with Crippen LogP contribution in [0.15, 0.2) is 71.3 Å². The summed E-state index contributed by atoms with van der Waals surface area (Å²) in [5, 5.41) is 6.07. The minimum atomic E-state index is -0.177. The summed E-state index contributed by atoms with van der Waals surface area (Å²) < 4.78 is 0.758. The molecule has 5 heteroatoms. The first-order valence-corrected chi connectivity index (χ1v) is 8.27. The van der Waals surface area contributed by atoms with Gasteiger partial charge in [-0.3, -0.25) is 4.79 Å². The van der Waals surface area contributed by atoms with Crippen LogP contribution in [0.2, 0.25) is 0 Å². The van der Waals surface area contributed by atoms with E-state index in [1.165, 1.54) is 5.56 Å². The fraction of sp³-hybridized carbons (Fsp3) is 0.0526. The van der Waals surface area contributed by atoms with Crippen molar-refractivity contribution in [2.24, 2.45) is 0 Å². The van der Waals surface area contributed by atoms with E-state index < -0.39 is 0 Å². The van der Waals surface area contributed by atoms with E-state index in [4.69, 9.17) is 0 Å². The molecule has 1 heterocycles. The molecule has 120 valence electrons. The van der Waals surface area contributed by atoms with Crippen molar-refractivity contribution >= 4 is 39.0 Å². The molecule has 0 atom stereocenters. The number of aryl methyl sites for hydroxylation is 1. The van der Waals surface area contributed by atoms with Crippen LogP contribution in [0.3, 0.4) is 0 Å². The zero-order valence-electron chi connectivity index (χ0n) is 13.1. The number of nitrogens with zero attached hydrogens (tertiary/aromatic N) is 1. The summed E-state index contributed by atoms with van der Waals surface area (Å²) in [5.41, 5.74) is 3.38. The molecule has 1 aromatic heterocycles. The molecule has 4 nitrogen and oxygen atoms in total. The van der Waals surface area contributed by atoms with Crippen molar-refractivity contribution in [3.63, 3.8) is 0 Å². The van der Waals surface area contributed by atoms with Crippen LogP contribution in [-0.4, -0.2) is 10.9 Å². The zero-order valence-corrected chi connectivity index (χ0v) is 14.7. The number of benzene rings is 2. The molecule has 0 saturated carbocycles. The van der Waals surface area contributed by atoms with Gasteiger partial charge in [-0.15, -0.1) is 0 Å². The Labute approximate surface area is 149 Å². The van der Waals surface area contributed by atoms with E-state index in [0.717, 1.165) is 16.0 Å². The highest BCUT2D eigenvalue weighted by Crippen LogP contribution is 2.19. The molecule has 3 rings (SSSR count). The predicted octanol–water partition coefficient (Wildman–Crippen LogP) is 5.15. The molecule has 0 aliphatic heterocycles. The second kappa shape index (κ2) is 7.27. The monoisotopic (exact) mass is 381 g/mol. The van der Waals surface area contributed by atoms with Gasteiger partial charge in [0.25, 0.3) is 5.91 Å². The van der Waals surface area contributed by atoms with Gasteiger partial charge in [0.2, 0.25) is 0 Å². The first kappa shape index (κ1) is 16.2. The van der Waals surface area contributed by atoms with Crippen molar-refractivity contribution in [3.05, 3.63) is 82.5 Å². The van der Waals surface area contributed by atoms with Gasteiger partial charge in [0.05, 0.1) is 17.4 Å². The quantitative estimate of drug-likeness (QED) is 0.656. The van der Waals surface area contributed by atoms with Gasteiger partial charge in [-0.25, -0.2) is 4.98 Å². The minimum Gasteiger partial charge on any atom is -0.340 e. The highest BCUT2D eigenvalue weighted by atomic mass is 79.9. The van der Waals surface area contributed by atoms with Crippen molar-refractivity contribution in [3.8, 4) is 0 Å². The molecular formula is C19H16BrN3O. The second-order valence-electron chi connectivity index (χ2n) is 5.36. The first-order chi connectivity index (χ1) is 11.6. The molecule has 0 fully saturated rings. The molecule has 24 heavy (non-hydrogen) atoms. The lowest BCUT2D eigenvalue weighted by Crippen LogP contribution is -2.12. The SMILES string of the molecule is Cc1cccc(Nc2ccc(NC(=O)c3ccccc3Br)cn2)c1. The van der Waals surface area contributed by atoms with E-state index in [-0.39, 0.29) is 5.91 Å². The maximum absolute atomic E-state index is 12.3. The standard InChI is InChI=1S/C19H16BrN3O/c1-13-5-4-6-14(11-13)22-18-10-9-15(12-21-18)23-19(24)16-7-2-3-8-17(16)20/h2-12H,1H3,(H,21,22)(H,23,24). The van der Waals surface area contributed by atoms with Crippen LogP contribution in [0.4, 0.5) is 17.2 Å². The van der Waals surface area contributed by atoms with Gasteiger partial charge >= 0.3 is 0 Å². The molecule has 2 aromatic carbocycles. The van der Waals surface area contributed by atoms with Crippen LogP contribution in [0.25, 0.3) is 0 Å². The van der Waals surface area contributed by atoms with Crippen LogP contribution in [0.1, 0.15) is 15.9 Å². The fourth-order valence-corrected chi connectivity index (χ4v) is 2.72. The topological polar surface area (TPSA) is 54.0 Å². The average Bonchev–Trinajstić information content (AvgIpc) is 2.57. The van der Waals surface area contributed by atoms with Crippen LogP contribution < -0.4 is 10.6 Å². The van der Waals surface area contributed by atoms with Gasteiger partial charge in [-0.2, -0.15) is 0 Å². The summed E-state index contributed by atoms with van der Waals surface area (Å²) in [6.45, 7) is 2.04. The number of amides is 1. The molecule has 0 saturated heterocycles. The third-order valence-corrected chi connectivity index (χ3v) is 4.12. The Morgan fingerprint density at radius 3 is 2.54 bits per heavy atom. The van der Waals surface area contributed by atoms with E-state index in [1.807, 2.05) is 61.5 Å². The van der Waals surface area contributed by atoms with E-state index in [0.29, 0.717) is 11.3 Å². The van der Waals surface area contributed by atoms with Crippen LogP contribution >= 0.6 is 15.9 Å². The number of rotatable bonds is 4. The zero-order chi connectivity index (χ0) is 16.9. The summed E-state index contributed by atoms with van der Waals surface area (Å²) >= 11 is 3.38. The van der Waals surface area contributed by atoms with Gasteiger partial charge in [-0.05, 0) is 64.8 Å². The Morgan fingerprint density at radius 1 is 1.00 bits per heavy atom. The van der Waals surface area contributed by atoms with Crippen molar-refractivity contribution in [2.75, 3.05) is 10.6 Å². The highest BCUT2D eigenvalue weighted by Gasteiger charge is 2.09. The van der Waals surface area contributed by atoms with Gasteiger partial charge < -0.3 is 10.6 Å². The van der Waals surface area contributed by atoms with Crippen molar-refractivity contribution in [1.82, 2.24) is 4.98 Å². The number of carbonyl (C=O) groups is 1. The van der Waals surface area contributed by atoms with Gasteiger partial charge in [0, 0.05) is 10.2 Å².